The van der Waals surface area contributed by atoms with Gasteiger partial charge >= 0.3 is 0 Å². The lowest BCUT2D eigenvalue weighted by Crippen LogP contribution is -2.21. The predicted molar refractivity (Wildman–Crippen MR) is 119 cm³/mol. The summed E-state index contributed by atoms with van der Waals surface area (Å²) in [7, 11) is 1.61. The van der Waals surface area contributed by atoms with E-state index in [0.29, 0.717) is 11.4 Å². The highest BCUT2D eigenvalue weighted by Gasteiger charge is 2.17. The van der Waals surface area contributed by atoms with Gasteiger partial charge in [-0.05, 0) is 72.3 Å². The van der Waals surface area contributed by atoms with Crippen molar-refractivity contribution in [3.63, 3.8) is 0 Å². The maximum Gasteiger partial charge on any atom is 0.290 e. The van der Waals surface area contributed by atoms with Crippen LogP contribution in [0.25, 0.3) is 16.9 Å². The lowest BCUT2D eigenvalue weighted by Gasteiger charge is -2.06. The maximum absolute atomic E-state index is 12.9. The molecule has 0 aliphatic carbocycles. The highest BCUT2D eigenvalue weighted by Crippen LogP contribution is 2.24. The molecular formula is C24H20N4O3. The molecule has 7 nitrogen and oxygen atoms in total. The number of aromatic nitrogens is 2. The molecule has 0 radical (unpaired) electrons. The molecule has 0 aliphatic rings. The molecule has 0 atom stereocenters. The van der Waals surface area contributed by atoms with E-state index in [2.05, 4.69) is 15.6 Å². The first-order valence-corrected chi connectivity index (χ1v) is 9.56. The first kappa shape index (κ1) is 19.9. The highest BCUT2D eigenvalue weighted by atomic mass is 16.5. The van der Waals surface area contributed by atoms with E-state index in [4.69, 9.17) is 4.74 Å². The summed E-state index contributed by atoms with van der Waals surface area (Å²) in [5.41, 5.74) is 5.90. The van der Waals surface area contributed by atoms with Crippen LogP contribution in [-0.2, 0) is 0 Å². The second-order valence-corrected chi connectivity index (χ2v) is 6.68. The van der Waals surface area contributed by atoms with Crippen molar-refractivity contribution in [1.82, 2.24) is 15.2 Å². The van der Waals surface area contributed by atoms with Gasteiger partial charge in [0.25, 0.3) is 5.91 Å². The van der Waals surface area contributed by atoms with E-state index in [-0.39, 0.29) is 5.75 Å². The van der Waals surface area contributed by atoms with Gasteiger partial charge in [0, 0.05) is 5.56 Å². The molecule has 154 valence electrons. The second kappa shape index (κ2) is 8.96. The highest BCUT2D eigenvalue weighted by molar-refractivity contribution is 5.95. The van der Waals surface area contributed by atoms with Crippen LogP contribution < -0.4 is 10.2 Å². The molecule has 0 bridgehead atoms. The van der Waals surface area contributed by atoms with Gasteiger partial charge in [0.15, 0.2) is 0 Å². The van der Waals surface area contributed by atoms with E-state index in [1.54, 1.807) is 42.1 Å². The molecule has 1 heterocycles. The molecule has 1 aromatic heterocycles. The number of rotatable bonds is 6. The van der Waals surface area contributed by atoms with E-state index in [1.807, 2.05) is 54.6 Å². The van der Waals surface area contributed by atoms with Crippen molar-refractivity contribution in [3.8, 4) is 28.4 Å². The average molecular weight is 412 g/mol. The van der Waals surface area contributed by atoms with E-state index >= 15 is 0 Å². The number of nitrogens with zero attached hydrogens (tertiary/aromatic N) is 3. The molecule has 0 unspecified atom stereocenters. The van der Waals surface area contributed by atoms with Crippen LogP contribution in [0.2, 0.25) is 0 Å². The molecule has 0 saturated heterocycles. The van der Waals surface area contributed by atoms with Gasteiger partial charge in [0.05, 0.1) is 24.7 Å². The van der Waals surface area contributed by atoms with Gasteiger partial charge in [-0.15, -0.1) is 0 Å². The van der Waals surface area contributed by atoms with Crippen LogP contribution in [0.3, 0.4) is 0 Å². The third-order valence-corrected chi connectivity index (χ3v) is 4.60. The number of phenolic OH excluding ortho intramolecular Hbond substituents is 1. The van der Waals surface area contributed by atoms with Gasteiger partial charge in [-0.1, -0.05) is 18.2 Å². The average Bonchev–Trinajstić information content (AvgIpc) is 3.27. The first-order chi connectivity index (χ1) is 15.1. The Kier molecular flexibility index (Phi) is 5.75. The van der Waals surface area contributed by atoms with Crippen LogP contribution in [0.4, 0.5) is 0 Å². The summed E-state index contributed by atoms with van der Waals surface area (Å²) in [4.78, 5) is 12.9. The Hall–Kier alpha value is -4.39. The van der Waals surface area contributed by atoms with Gasteiger partial charge in [-0.25, -0.2) is 10.1 Å². The molecule has 0 aliphatic heterocycles. The number of ether oxygens (including phenoxy) is 1. The Morgan fingerprint density at radius 1 is 1.03 bits per heavy atom. The topological polar surface area (TPSA) is 88.7 Å². The number of para-hydroxylation sites is 1. The monoisotopic (exact) mass is 412 g/mol. The van der Waals surface area contributed by atoms with Gasteiger partial charge < -0.3 is 9.84 Å². The van der Waals surface area contributed by atoms with Gasteiger partial charge in [-0.3, -0.25) is 4.79 Å². The van der Waals surface area contributed by atoms with Crippen molar-refractivity contribution < 1.29 is 14.6 Å². The van der Waals surface area contributed by atoms with Gasteiger partial charge in [-0.2, -0.15) is 10.2 Å². The summed E-state index contributed by atoms with van der Waals surface area (Å²) in [6, 6.07) is 25.1. The van der Waals surface area contributed by atoms with Crippen LogP contribution >= 0.6 is 0 Å². The zero-order chi connectivity index (χ0) is 21.6. The van der Waals surface area contributed by atoms with Crippen molar-refractivity contribution in [2.24, 2.45) is 5.10 Å². The van der Waals surface area contributed by atoms with E-state index in [0.717, 1.165) is 22.6 Å². The maximum atomic E-state index is 12.9. The van der Waals surface area contributed by atoms with E-state index in [1.165, 1.54) is 6.21 Å². The summed E-state index contributed by atoms with van der Waals surface area (Å²) in [5.74, 6) is 0.512. The molecular weight excluding hydrogens is 392 g/mol. The second-order valence-electron chi connectivity index (χ2n) is 6.68. The minimum atomic E-state index is -0.397. The van der Waals surface area contributed by atoms with Crippen molar-refractivity contribution in [2.75, 3.05) is 7.11 Å². The molecule has 3 aromatic carbocycles. The summed E-state index contributed by atoms with van der Waals surface area (Å²) in [5, 5.41) is 18.0. The number of hydrogen-bond acceptors (Lipinski definition) is 5. The normalized spacial score (nSPS) is 10.9. The molecule has 4 rings (SSSR count). The van der Waals surface area contributed by atoms with E-state index in [9.17, 15) is 9.90 Å². The van der Waals surface area contributed by atoms with Crippen molar-refractivity contribution in [2.45, 2.75) is 0 Å². The number of hydrogen-bond donors (Lipinski definition) is 2. The molecule has 0 fully saturated rings. The van der Waals surface area contributed by atoms with Gasteiger partial charge in [0.1, 0.15) is 17.2 Å². The lowest BCUT2D eigenvalue weighted by atomic mass is 10.1. The van der Waals surface area contributed by atoms with Crippen LogP contribution in [-0.4, -0.2) is 34.1 Å². The smallest absolute Gasteiger partial charge is 0.290 e. The predicted octanol–water partition coefficient (Wildman–Crippen LogP) is 4.02. The van der Waals surface area contributed by atoms with Crippen LogP contribution in [0.1, 0.15) is 16.1 Å². The molecule has 0 saturated carbocycles. The third-order valence-electron chi connectivity index (χ3n) is 4.60. The summed E-state index contributed by atoms with van der Waals surface area (Å²) in [6.45, 7) is 0. The number of benzene rings is 3. The Bertz CT molecular complexity index is 1200. The number of methoxy groups -OCH3 is 1. The van der Waals surface area contributed by atoms with E-state index < -0.39 is 5.91 Å². The summed E-state index contributed by atoms with van der Waals surface area (Å²) < 4.78 is 6.80. The lowest BCUT2D eigenvalue weighted by molar-refractivity contribution is 0.0947. The third kappa shape index (κ3) is 4.62. The minimum Gasteiger partial charge on any atom is -0.508 e. The first-order valence-electron chi connectivity index (χ1n) is 9.56. The fraction of sp³-hybridized carbons (Fsp3) is 0.0417. The van der Waals surface area contributed by atoms with Crippen LogP contribution in [0, 0.1) is 0 Å². The summed E-state index contributed by atoms with van der Waals surface area (Å²) >= 11 is 0. The van der Waals surface area contributed by atoms with Crippen molar-refractivity contribution >= 4 is 12.1 Å². The molecule has 0 spiro atoms. The molecule has 4 aromatic rings. The molecule has 2 N–H and O–H groups in total. The van der Waals surface area contributed by atoms with Gasteiger partial charge in [0.2, 0.25) is 0 Å². The minimum absolute atomic E-state index is 0.166. The fourth-order valence-electron chi connectivity index (χ4n) is 2.99. The zero-order valence-electron chi connectivity index (χ0n) is 16.8. The Balaban J connectivity index is 1.63. The molecule has 31 heavy (non-hydrogen) atoms. The number of hydrazone groups is 1. The van der Waals surface area contributed by atoms with Crippen molar-refractivity contribution in [1.29, 1.82) is 0 Å². The Labute approximate surface area is 179 Å². The SMILES string of the molecule is COc1ccc(-c2cc(C(=O)N/N=C/c3ccc(O)cc3)n(-c3ccccc3)n2)cc1. The Morgan fingerprint density at radius 2 is 1.74 bits per heavy atom. The van der Waals surface area contributed by atoms with Crippen LogP contribution in [0.15, 0.2) is 90.0 Å². The van der Waals surface area contributed by atoms with Crippen LogP contribution in [0.5, 0.6) is 11.5 Å². The largest absolute Gasteiger partial charge is 0.508 e. The number of aromatic hydroxyl groups is 1. The van der Waals surface area contributed by atoms with Crippen molar-refractivity contribution in [3.05, 3.63) is 96.2 Å². The summed E-state index contributed by atoms with van der Waals surface area (Å²) in [6.07, 6.45) is 1.50. The molecule has 1 amide bonds. The molecule has 7 heteroatoms. The standard InChI is InChI=1S/C24H20N4O3/c1-31-21-13-9-18(10-14-21)22-15-23(28(27-22)19-5-3-2-4-6-19)24(30)26-25-16-17-7-11-20(29)12-8-17/h2-16,29H,1H3,(H,26,30)/b25-16+. The number of carbonyl (C=O) groups excluding carboxylic acids is 1. The number of nitrogens with one attached hydrogen (secondary N) is 1. The zero-order valence-corrected chi connectivity index (χ0v) is 16.8. The fourth-order valence-corrected chi connectivity index (χ4v) is 2.99. The Morgan fingerprint density at radius 3 is 2.42 bits per heavy atom. The number of phenols is 1. The quantitative estimate of drug-likeness (QED) is 0.370. The number of amides is 1. The number of carbonyl (C=O) groups is 1.